The second kappa shape index (κ2) is 6.12. The van der Waals surface area contributed by atoms with Gasteiger partial charge >= 0.3 is 0 Å². The van der Waals surface area contributed by atoms with E-state index in [0.717, 1.165) is 5.56 Å². The maximum atomic E-state index is 11.7. The van der Waals surface area contributed by atoms with E-state index in [1.165, 1.54) is 6.20 Å². The lowest BCUT2D eigenvalue weighted by atomic mass is 10.2. The molecule has 0 saturated carbocycles. The smallest absolute Gasteiger partial charge is 0.270 e. The van der Waals surface area contributed by atoms with Crippen molar-refractivity contribution in [1.82, 2.24) is 15.4 Å². The van der Waals surface area contributed by atoms with E-state index in [0.29, 0.717) is 17.2 Å². The monoisotopic (exact) mass is 271 g/mol. The van der Waals surface area contributed by atoms with Crippen molar-refractivity contribution in [3.05, 3.63) is 42.1 Å². The number of aromatic nitrogens is 2. The molecule has 1 heterocycles. The van der Waals surface area contributed by atoms with Gasteiger partial charge < -0.3 is 5.32 Å². The van der Waals surface area contributed by atoms with Crippen molar-refractivity contribution in [3.63, 3.8) is 0 Å². The van der Waals surface area contributed by atoms with Gasteiger partial charge in [0.15, 0.2) is 5.82 Å². The van der Waals surface area contributed by atoms with E-state index in [1.807, 2.05) is 44.2 Å². The summed E-state index contributed by atoms with van der Waals surface area (Å²) in [6.45, 7) is 3.93. The van der Waals surface area contributed by atoms with E-state index in [2.05, 4.69) is 20.7 Å². The molecule has 0 spiro atoms. The second-order valence-corrected chi connectivity index (χ2v) is 4.59. The van der Waals surface area contributed by atoms with Crippen molar-refractivity contribution >= 4 is 11.7 Å². The Kier molecular flexibility index (Phi) is 4.27. The number of rotatable bonds is 4. The van der Waals surface area contributed by atoms with Crippen molar-refractivity contribution in [2.24, 2.45) is 5.84 Å². The number of carbonyl (C=O) groups excluding carboxylic acids is 1. The number of nitrogen functional groups attached to an aromatic ring is 1. The van der Waals surface area contributed by atoms with E-state index in [4.69, 9.17) is 5.84 Å². The summed E-state index contributed by atoms with van der Waals surface area (Å²) in [7, 11) is 0. The minimum Gasteiger partial charge on any atom is -0.367 e. The number of amides is 1. The third kappa shape index (κ3) is 3.10. The van der Waals surface area contributed by atoms with Gasteiger partial charge in [-0.1, -0.05) is 30.3 Å². The second-order valence-electron chi connectivity index (χ2n) is 4.59. The molecule has 0 aliphatic carbocycles. The van der Waals surface area contributed by atoms with Crippen LogP contribution in [0.5, 0.6) is 0 Å². The molecule has 0 atom stereocenters. The van der Waals surface area contributed by atoms with Gasteiger partial charge in [0.1, 0.15) is 11.4 Å². The van der Waals surface area contributed by atoms with Crippen LogP contribution >= 0.6 is 0 Å². The molecule has 2 rings (SSSR count). The van der Waals surface area contributed by atoms with Crippen LogP contribution in [0.25, 0.3) is 11.4 Å². The summed E-state index contributed by atoms with van der Waals surface area (Å²) in [5.41, 5.74) is 3.30. The van der Waals surface area contributed by atoms with Gasteiger partial charge in [-0.15, -0.1) is 0 Å². The number of anilines is 1. The average molecular weight is 271 g/mol. The van der Waals surface area contributed by atoms with Gasteiger partial charge in [0.2, 0.25) is 0 Å². The van der Waals surface area contributed by atoms with Crippen LogP contribution in [0.1, 0.15) is 24.2 Å². The molecule has 1 amide bonds. The summed E-state index contributed by atoms with van der Waals surface area (Å²) < 4.78 is 0. The van der Waals surface area contributed by atoms with Crippen LogP contribution in [0.4, 0.5) is 5.82 Å². The Morgan fingerprint density at radius 3 is 2.55 bits per heavy atom. The molecule has 0 radical (unpaired) electrons. The lowest BCUT2D eigenvalue weighted by molar-refractivity contribution is 0.0954. The highest BCUT2D eigenvalue weighted by Crippen LogP contribution is 2.19. The predicted octanol–water partition coefficient (Wildman–Crippen LogP) is 1.57. The third-order valence-electron chi connectivity index (χ3n) is 2.62. The van der Waals surface area contributed by atoms with Crippen LogP contribution in [-0.4, -0.2) is 21.9 Å². The van der Waals surface area contributed by atoms with Crippen molar-refractivity contribution in [2.45, 2.75) is 19.9 Å². The van der Waals surface area contributed by atoms with Crippen molar-refractivity contribution in [3.8, 4) is 11.4 Å². The Bertz CT molecular complexity index is 598. The number of benzene rings is 1. The fourth-order valence-electron chi connectivity index (χ4n) is 1.74. The zero-order chi connectivity index (χ0) is 14.5. The van der Waals surface area contributed by atoms with Gasteiger partial charge in [-0.05, 0) is 13.8 Å². The number of nitrogens with zero attached hydrogens (tertiary/aromatic N) is 2. The number of nitrogens with two attached hydrogens (primary N) is 1. The normalized spacial score (nSPS) is 10.4. The maximum Gasteiger partial charge on any atom is 0.270 e. The topological polar surface area (TPSA) is 92.9 Å². The zero-order valence-electron chi connectivity index (χ0n) is 11.4. The summed E-state index contributed by atoms with van der Waals surface area (Å²) in [5, 5.41) is 3.13. The SMILES string of the molecule is CC(C)Nc1nc(-c2ccccc2)ncc1C(=O)NN. The number of nitrogens with one attached hydrogen (secondary N) is 2. The van der Waals surface area contributed by atoms with E-state index >= 15 is 0 Å². The highest BCUT2D eigenvalue weighted by molar-refractivity contribution is 5.98. The first-order chi connectivity index (χ1) is 9.61. The number of hydrogen-bond acceptors (Lipinski definition) is 5. The van der Waals surface area contributed by atoms with Crippen molar-refractivity contribution in [2.75, 3.05) is 5.32 Å². The molecule has 4 N–H and O–H groups in total. The first-order valence-electron chi connectivity index (χ1n) is 6.31. The van der Waals surface area contributed by atoms with Crippen LogP contribution in [-0.2, 0) is 0 Å². The number of hydrazine groups is 1. The number of carbonyl (C=O) groups is 1. The van der Waals surface area contributed by atoms with Gasteiger partial charge in [-0.25, -0.2) is 15.8 Å². The lowest BCUT2D eigenvalue weighted by Gasteiger charge is -2.13. The van der Waals surface area contributed by atoms with Gasteiger partial charge in [-0.3, -0.25) is 10.2 Å². The van der Waals surface area contributed by atoms with Gasteiger partial charge in [0, 0.05) is 17.8 Å². The average Bonchev–Trinajstić information content (AvgIpc) is 2.46. The van der Waals surface area contributed by atoms with E-state index in [-0.39, 0.29) is 6.04 Å². The minimum absolute atomic E-state index is 0.137. The Morgan fingerprint density at radius 2 is 1.95 bits per heavy atom. The molecule has 0 unspecified atom stereocenters. The fraction of sp³-hybridized carbons (Fsp3) is 0.214. The summed E-state index contributed by atoms with van der Waals surface area (Å²) in [5.74, 6) is 5.77. The maximum absolute atomic E-state index is 11.7. The summed E-state index contributed by atoms with van der Waals surface area (Å²) in [6, 6.07) is 9.71. The number of hydrogen-bond donors (Lipinski definition) is 3. The lowest BCUT2D eigenvalue weighted by Crippen LogP contribution is -2.31. The molecule has 104 valence electrons. The highest BCUT2D eigenvalue weighted by Gasteiger charge is 2.15. The van der Waals surface area contributed by atoms with Crippen LogP contribution < -0.4 is 16.6 Å². The van der Waals surface area contributed by atoms with Crippen LogP contribution in [0.2, 0.25) is 0 Å². The van der Waals surface area contributed by atoms with Crippen molar-refractivity contribution in [1.29, 1.82) is 0 Å². The van der Waals surface area contributed by atoms with E-state index < -0.39 is 5.91 Å². The standard InChI is InChI=1S/C14H17N5O/c1-9(2)17-13-11(14(20)19-15)8-16-12(18-13)10-6-4-3-5-7-10/h3-9H,15H2,1-2H3,(H,19,20)(H,16,17,18). The Hall–Kier alpha value is -2.47. The van der Waals surface area contributed by atoms with E-state index in [1.54, 1.807) is 0 Å². The molecule has 0 aliphatic heterocycles. The fourth-order valence-corrected chi connectivity index (χ4v) is 1.74. The van der Waals surface area contributed by atoms with Crippen LogP contribution in [0.15, 0.2) is 36.5 Å². The van der Waals surface area contributed by atoms with Gasteiger partial charge in [-0.2, -0.15) is 0 Å². The molecule has 2 aromatic rings. The molecule has 0 fully saturated rings. The predicted molar refractivity (Wildman–Crippen MR) is 77.9 cm³/mol. The van der Waals surface area contributed by atoms with Gasteiger partial charge in [0.25, 0.3) is 5.91 Å². The molecule has 6 nitrogen and oxygen atoms in total. The van der Waals surface area contributed by atoms with Crippen LogP contribution in [0, 0.1) is 0 Å². The molecule has 1 aromatic heterocycles. The highest BCUT2D eigenvalue weighted by atomic mass is 16.2. The molecule has 0 aliphatic rings. The molecular formula is C14H17N5O. The minimum atomic E-state index is -0.423. The largest absolute Gasteiger partial charge is 0.367 e. The molecule has 0 bridgehead atoms. The molecule has 1 aromatic carbocycles. The first kappa shape index (κ1) is 14.0. The summed E-state index contributed by atoms with van der Waals surface area (Å²) >= 11 is 0. The summed E-state index contributed by atoms with van der Waals surface area (Å²) in [6.07, 6.45) is 1.47. The Labute approximate surface area is 117 Å². The molecule has 0 saturated heterocycles. The zero-order valence-corrected chi connectivity index (χ0v) is 11.4. The molecule has 20 heavy (non-hydrogen) atoms. The quantitative estimate of drug-likeness (QED) is 0.446. The molecular weight excluding hydrogens is 254 g/mol. The van der Waals surface area contributed by atoms with Gasteiger partial charge in [0.05, 0.1) is 0 Å². The Morgan fingerprint density at radius 1 is 1.25 bits per heavy atom. The van der Waals surface area contributed by atoms with Crippen molar-refractivity contribution < 1.29 is 4.79 Å². The van der Waals surface area contributed by atoms with Crippen LogP contribution in [0.3, 0.4) is 0 Å². The Balaban J connectivity index is 2.45. The summed E-state index contributed by atoms with van der Waals surface area (Å²) in [4.78, 5) is 20.3. The van der Waals surface area contributed by atoms with E-state index in [9.17, 15) is 4.79 Å². The first-order valence-corrected chi connectivity index (χ1v) is 6.31. The third-order valence-corrected chi connectivity index (χ3v) is 2.62. The molecule has 6 heteroatoms.